The summed E-state index contributed by atoms with van der Waals surface area (Å²) in [5.41, 5.74) is 1.14. The Morgan fingerprint density at radius 3 is 2.94 bits per heavy atom. The third-order valence-electron chi connectivity index (χ3n) is 2.48. The van der Waals surface area contributed by atoms with Crippen LogP contribution in [0.15, 0.2) is 28.8 Å². The second-order valence-corrected chi connectivity index (χ2v) is 4.32. The molecule has 1 aromatic carbocycles. The van der Waals surface area contributed by atoms with Crippen LogP contribution in [-0.2, 0) is 6.54 Å². The van der Waals surface area contributed by atoms with Crippen molar-refractivity contribution in [2.45, 2.75) is 26.4 Å². The Morgan fingerprint density at radius 1 is 1.47 bits per heavy atom. The first-order chi connectivity index (χ1) is 8.15. The summed E-state index contributed by atoms with van der Waals surface area (Å²) in [7, 11) is 0. The molecule has 0 aliphatic heterocycles. The summed E-state index contributed by atoms with van der Waals surface area (Å²) in [6.07, 6.45) is 0. The van der Waals surface area contributed by atoms with Crippen molar-refractivity contribution < 1.29 is 4.52 Å². The highest BCUT2D eigenvalue weighted by Crippen LogP contribution is 2.17. The maximum atomic E-state index is 5.94. The SMILES string of the molecule is Cc1nc(CN[C@@H](C)c2cccc(Cl)c2)no1. The van der Waals surface area contributed by atoms with Gasteiger partial charge in [-0.05, 0) is 24.6 Å². The molecule has 1 heterocycles. The molecular formula is C12H14ClN3O. The minimum atomic E-state index is 0.188. The van der Waals surface area contributed by atoms with Gasteiger partial charge in [0.25, 0.3) is 0 Å². The Morgan fingerprint density at radius 2 is 2.29 bits per heavy atom. The Balaban J connectivity index is 1.95. The van der Waals surface area contributed by atoms with E-state index in [2.05, 4.69) is 22.4 Å². The van der Waals surface area contributed by atoms with Crippen LogP contribution in [0.4, 0.5) is 0 Å². The predicted molar refractivity (Wildman–Crippen MR) is 65.7 cm³/mol. The lowest BCUT2D eigenvalue weighted by atomic mass is 10.1. The van der Waals surface area contributed by atoms with Crippen molar-refractivity contribution in [3.05, 3.63) is 46.6 Å². The molecule has 0 unspecified atom stereocenters. The van der Waals surface area contributed by atoms with Crippen LogP contribution < -0.4 is 5.32 Å². The van der Waals surface area contributed by atoms with Gasteiger partial charge in [0.1, 0.15) is 0 Å². The van der Waals surface area contributed by atoms with Gasteiger partial charge in [-0.3, -0.25) is 0 Å². The van der Waals surface area contributed by atoms with Crippen molar-refractivity contribution >= 4 is 11.6 Å². The highest BCUT2D eigenvalue weighted by atomic mass is 35.5. The van der Waals surface area contributed by atoms with Crippen LogP contribution in [0.1, 0.15) is 30.2 Å². The van der Waals surface area contributed by atoms with Crippen LogP contribution in [0.25, 0.3) is 0 Å². The third kappa shape index (κ3) is 3.28. The molecule has 2 rings (SSSR count). The van der Waals surface area contributed by atoms with Gasteiger partial charge in [0.15, 0.2) is 5.82 Å². The second kappa shape index (κ2) is 5.29. The van der Waals surface area contributed by atoms with Gasteiger partial charge in [-0.15, -0.1) is 0 Å². The molecule has 0 radical (unpaired) electrons. The summed E-state index contributed by atoms with van der Waals surface area (Å²) in [6, 6.07) is 7.97. The van der Waals surface area contributed by atoms with Crippen LogP contribution in [-0.4, -0.2) is 10.1 Å². The standard InChI is InChI=1S/C12H14ClN3O/c1-8(10-4-3-5-11(13)6-10)14-7-12-15-9(2)17-16-12/h3-6,8,14H,7H2,1-2H3/t8-/m0/s1. The van der Waals surface area contributed by atoms with E-state index >= 15 is 0 Å². The zero-order valence-corrected chi connectivity index (χ0v) is 10.5. The Hall–Kier alpha value is -1.39. The van der Waals surface area contributed by atoms with E-state index in [1.807, 2.05) is 24.3 Å². The molecule has 0 saturated carbocycles. The number of halogens is 1. The molecule has 0 spiro atoms. The predicted octanol–water partition coefficient (Wildman–Crippen LogP) is 2.88. The van der Waals surface area contributed by atoms with E-state index in [0.29, 0.717) is 18.3 Å². The van der Waals surface area contributed by atoms with E-state index in [4.69, 9.17) is 16.1 Å². The summed E-state index contributed by atoms with van der Waals surface area (Å²) >= 11 is 5.94. The molecule has 0 amide bonds. The van der Waals surface area contributed by atoms with Gasteiger partial charge >= 0.3 is 0 Å². The van der Waals surface area contributed by atoms with E-state index in [1.165, 1.54) is 0 Å². The van der Waals surface area contributed by atoms with Crippen molar-refractivity contribution in [3.8, 4) is 0 Å². The highest BCUT2D eigenvalue weighted by Gasteiger charge is 2.07. The summed E-state index contributed by atoms with van der Waals surface area (Å²) in [5, 5.41) is 7.88. The zero-order chi connectivity index (χ0) is 12.3. The van der Waals surface area contributed by atoms with Crippen molar-refractivity contribution in [1.29, 1.82) is 0 Å². The molecule has 90 valence electrons. The summed E-state index contributed by atoms with van der Waals surface area (Å²) in [5.74, 6) is 1.24. The van der Waals surface area contributed by atoms with Crippen LogP contribution in [0.3, 0.4) is 0 Å². The molecule has 1 atom stereocenters. The average molecular weight is 252 g/mol. The first kappa shape index (κ1) is 12.1. The smallest absolute Gasteiger partial charge is 0.223 e. The number of aryl methyl sites for hydroxylation is 1. The number of hydrogen-bond acceptors (Lipinski definition) is 4. The summed E-state index contributed by atoms with van der Waals surface area (Å²) in [6.45, 7) is 4.42. The molecule has 1 aromatic heterocycles. The number of nitrogens with one attached hydrogen (secondary N) is 1. The van der Waals surface area contributed by atoms with Crippen LogP contribution in [0.5, 0.6) is 0 Å². The fourth-order valence-electron chi connectivity index (χ4n) is 1.55. The van der Waals surface area contributed by atoms with Crippen molar-refractivity contribution in [2.24, 2.45) is 0 Å². The van der Waals surface area contributed by atoms with Crippen LogP contribution in [0, 0.1) is 6.92 Å². The van der Waals surface area contributed by atoms with Crippen molar-refractivity contribution in [2.75, 3.05) is 0 Å². The van der Waals surface area contributed by atoms with E-state index in [-0.39, 0.29) is 6.04 Å². The van der Waals surface area contributed by atoms with Crippen LogP contribution in [0.2, 0.25) is 5.02 Å². The van der Waals surface area contributed by atoms with Gasteiger partial charge in [-0.2, -0.15) is 4.98 Å². The number of benzene rings is 1. The fraction of sp³-hybridized carbons (Fsp3) is 0.333. The maximum Gasteiger partial charge on any atom is 0.223 e. The first-order valence-electron chi connectivity index (χ1n) is 5.43. The van der Waals surface area contributed by atoms with Crippen molar-refractivity contribution in [1.82, 2.24) is 15.5 Å². The van der Waals surface area contributed by atoms with Gasteiger partial charge in [0.2, 0.25) is 5.89 Å². The molecule has 0 fully saturated rings. The lowest BCUT2D eigenvalue weighted by molar-refractivity contribution is 0.384. The monoisotopic (exact) mass is 251 g/mol. The number of hydrogen-bond donors (Lipinski definition) is 1. The van der Waals surface area contributed by atoms with Crippen molar-refractivity contribution in [3.63, 3.8) is 0 Å². The normalized spacial score (nSPS) is 12.6. The third-order valence-corrected chi connectivity index (χ3v) is 2.72. The second-order valence-electron chi connectivity index (χ2n) is 3.89. The van der Waals surface area contributed by atoms with E-state index < -0.39 is 0 Å². The molecule has 5 heteroatoms. The Kier molecular flexibility index (Phi) is 3.76. The first-order valence-corrected chi connectivity index (χ1v) is 5.81. The highest BCUT2D eigenvalue weighted by molar-refractivity contribution is 6.30. The Bertz CT molecular complexity index is 498. The van der Waals surface area contributed by atoms with Gasteiger partial charge in [0.05, 0.1) is 6.54 Å². The largest absolute Gasteiger partial charge is 0.340 e. The average Bonchev–Trinajstić information content (AvgIpc) is 2.72. The molecule has 0 aliphatic rings. The topological polar surface area (TPSA) is 51.0 Å². The van der Waals surface area contributed by atoms with E-state index in [9.17, 15) is 0 Å². The molecular weight excluding hydrogens is 238 g/mol. The summed E-state index contributed by atoms with van der Waals surface area (Å²) < 4.78 is 4.90. The fourth-order valence-corrected chi connectivity index (χ4v) is 1.75. The Labute approximate surface area is 105 Å². The van der Waals surface area contributed by atoms with Gasteiger partial charge in [-0.25, -0.2) is 0 Å². The minimum absolute atomic E-state index is 0.188. The van der Waals surface area contributed by atoms with Gasteiger partial charge in [0, 0.05) is 18.0 Å². The molecule has 2 aromatic rings. The lowest BCUT2D eigenvalue weighted by Gasteiger charge is -2.12. The number of aromatic nitrogens is 2. The number of nitrogens with zero attached hydrogens (tertiary/aromatic N) is 2. The molecule has 0 aliphatic carbocycles. The molecule has 4 nitrogen and oxygen atoms in total. The van der Waals surface area contributed by atoms with E-state index in [0.717, 1.165) is 10.6 Å². The maximum absolute atomic E-state index is 5.94. The molecule has 1 N–H and O–H groups in total. The number of rotatable bonds is 4. The van der Waals surface area contributed by atoms with Crippen LogP contribution >= 0.6 is 11.6 Å². The quantitative estimate of drug-likeness (QED) is 0.908. The summed E-state index contributed by atoms with van der Waals surface area (Å²) in [4.78, 5) is 4.13. The molecule has 0 bridgehead atoms. The lowest BCUT2D eigenvalue weighted by Crippen LogP contribution is -2.18. The minimum Gasteiger partial charge on any atom is -0.340 e. The molecule has 17 heavy (non-hydrogen) atoms. The zero-order valence-electron chi connectivity index (χ0n) is 9.77. The van der Waals surface area contributed by atoms with Gasteiger partial charge < -0.3 is 9.84 Å². The van der Waals surface area contributed by atoms with Gasteiger partial charge in [-0.1, -0.05) is 28.9 Å². The van der Waals surface area contributed by atoms with E-state index in [1.54, 1.807) is 6.92 Å². The molecule has 0 saturated heterocycles.